The smallest absolute Gasteiger partial charge is 0.111 e. The van der Waals surface area contributed by atoms with Crippen molar-refractivity contribution in [3.8, 4) is 0 Å². The van der Waals surface area contributed by atoms with Gasteiger partial charge in [0.05, 0.1) is 12.7 Å². The van der Waals surface area contributed by atoms with Gasteiger partial charge in [0.1, 0.15) is 18.3 Å². The summed E-state index contributed by atoms with van der Waals surface area (Å²) in [6, 6.07) is 7.56. The molecule has 1 heterocycles. The molecule has 1 aromatic carbocycles. The Bertz CT molecular complexity index is 428. The summed E-state index contributed by atoms with van der Waals surface area (Å²) >= 11 is 5.84. The van der Waals surface area contributed by atoms with Crippen LogP contribution < -0.4 is 5.32 Å². The van der Waals surface area contributed by atoms with Crippen LogP contribution >= 0.6 is 11.6 Å². The van der Waals surface area contributed by atoms with Gasteiger partial charge < -0.3 is 25.4 Å². The van der Waals surface area contributed by atoms with E-state index in [0.29, 0.717) is 11.6 Å². The lowest BCUT2D eigenvalue weighted by Gasteiger charge is -2.19. The van der Waals surface area contributed by atoms with Gasteiger partial charge in [0, 0.05) is 17.6 Å². The minimum absolute atomic E-state index is 0.0633. The van der Waals surface area contributed by atoms with Crippen LogP contribution in [0.4, 0.5) is 0 Å². The highest BCUT2D eigenvalue weighted by Crippen LogP contribution is 2.22. The second-order valence-electron chi connectivity index (χ2n) is 5.06. The Morgan fingerprint density at radius 3 is 2.35 bits per heavy atom. The number of rotatable bonds is 5. The van der Waals surface area contributed by atoms with Gasteiger partial charge in [-0.05, 0) is 24.6 Å². The van der Waals surface area contributed by atoms with Crippen LogP contribution in [0.1, 0.15) is 18.5 Å². The molecule has 112 valence electrons. The summed E-state index contributed by atoms with van der Waals surface area (Å²) in [7, 11) is 0. The number of benzene rings is 1. The van der Waals surface area contributed by atoms with Crippen LogP contribution in [0.25, 0.3) is 0 Å². The molecule has 5 nitrogen and oxygen atoms in total. The van der Waals surface area contributed by atoms with Crippen LogP contribution in [0.5, 0.6) is 0 Å². The lowest BCUT2D eigenvalue weighted by molar-refractivity contribution is -0.0218. The normalized spacial score (nSPS) is 31.4. The van der Waals surface area contributed by atoms with Crippen molar-refractivity contribution in [1.82, 2.24) is 5.32 Å². The molecule has 1 saturated heterocycles. The molecular formula is C14H20ClNO4. The van der Waals surface area contributed by atoms with Gasteiger partial charge in [-0.15, -0.1) is 0 Å². The Kier molecular flexibility index (Phi) is 5.37. The number of hydrogen-bond donors (Lipinski definition) is 4. The fourth-order valence-electron chi connectivity index (χ4n) is 2.31. The summed E-state index contributed by atoms with van der Waals surface area (Å²) in [6.45, 7) is 2.07. The Hall–Kier alpha value is -0.690. The predicted molar refractivity (Wildman–Crippen MR) is 75.6 cm³/mol. The van der Waals surface area contributed by atoms with Gasteiger partial charge in [0.2, 0.25) is 0 Å². The van der Waals surface area contributed by atoms with Crippen molar-refractivity contribution in [1.29, 1.82) is 0 Å². The van der Waals surface area contributed by atoms with Gasteiger partial charge in [-0.2, -0.15) is 0 Å². The molecule has 0 aromatic heterocycles. The molecule has 2 rings (SSSR count). The van der Waals surface area contributed by atoms with Crippen LogP contribution in [0.15, 0.2) is 24.3 Å². The zero-order valence-electron chi connectivity index (χ0n) is 11.2. The maximum atomic E-state index is 9.84. The third-order valence-corrected chi connectivity index (χ3v) is 3.89. The van der Waals surface area contributed by atoms with E-state index in [1.165, 1.54) is 0 Å². The molecule has 0 saturated carbocycles. The molecule has 5 atom stereocenters. The van der Waals surface area contributed by atoms with Crippen LogP contribution in [-0.2, 0) is 4.74 Å². The van der Waals surface area contributed by atoms with Gasteiger partial charge >= 0.3 is 0 Å². The van der Waals surface area contributed by atoms with E-state index < -0.39 is 24.4 Å². The van der Waals surface area contributed by atoms with E-state index in [9.17, 15) is 10.2 Å². The van der Waals surface area contributed by atoms with E-state index in [2.05, 4.69) is 5.32 Å². The topological polar surface area (TPSA) is 82.0 Å². The summed E-state index contributed by atoms with van der Waals surface area (Å²) in [5, 5.41) is 32.4. The van der Waals surface area contributed by atoms with Gasteiger partial charge in [-0.3, -0.25) is 0 Å². The average molecular weight is 302 g/mol. The molecule has 1 aliphatic rings. The average Bonchev–Trinajstić information content (AvgIpc) is 2.73. The van der Waals surface area contributed by atoms with Gasteiger partial charge in [-0.1, -0.05) is 23.7 Å². The van der Waals surface area contributed by atoms with Crippen molar-refractivity contribution in [2.45, 2.75) is 37.4 Å². The third kappa shape index (κ3) is 3.49. The number of hydrogen-bond acceptors (Lipinski definition) is 5. The van der Waals surface area contributed by atoms with E-state index in [1.807, 2.05) is 31.2 Å². The number of ether oxygens (including phenoxy) is 1. The molecule has 0 radical (unpaired) electrons. The van der Waals surface area contributed by atoms with Gasteiger partial charge in [0.15, 0.2) is 0 Å². The van der Waals surface area contributed by atoms with Crippen molar-refractivity contribution in [2.24, 2.45) is 0 Å². The highest BCUT2D eigenvalue weighted by atomic mass is 35.5. The first kappa shape index (κ1) is 15.7. The van der Waals surface area contributed by atoms with Gasteiger partial charge in [0.25, 0.3) is 0 Å². The Morgan fingerprint density at radius 1 is 1.20 bits per heavy atom. The third-order valence-electron chi connectivity index (χ3n) is 3.64. The van der Waals surface area contributed by atoms with Crippen molar-refractivity contribution < 1.29 is 20.1 Å². The van der Waals surface area contributed by atoms with E-state index >= 15 is 0 Å². The van der Waals surface area contributed by atoms with Crippen LogP contribution in [0.3, 0.4) is 0 Å². The van der Waals surface area contributed by atoms with E-state index in [4.69, 9.17) is 21.4 Å². The fourth-order valence-corrected chi connectivity index (χ4v) is 2.43. The van der Waals surface area contributed by atoms with Gasteiger partial charge in [-0.25, -0.2) is 0 Å². The minimum atomic E-state index is -1.04. The summed E-state index contributed by atoms with van der Waals surface area (Å²) in [6.07, 6.45) is -3.28. The predicted octanol–water partition coefficient (Wildman–Crippen LogP) is 0.472. The number of nitrogens with one attached hydrogen (secondary N) is 1. The Balaban J connectivity index is 1.87. The monoisotopic (exact) mass is 301 g/mol. The van der Waals surface area contributed by atoms with Crippen molar-refractivity contribution >= 4 is 11.6 Å². The summed E-state index contributed by atoms with van der Waals surface area (Å²) in [5.41, 5.74) is 1.07. The molecule has 4 N–H and O–H groups in total. The van der Waals surface area contributed by atoms with Crippen LogP contribution in [0, 0.1) is 0 Å². The highest BCUT2D eigenvalue weighted by Gasteiger charge is 2.41. The maximum absolute atomic E-state index is 9.84. The SMILES string of the molecule is C[C@@H](NC[C@H]1O[C@H](CO)[C@@H](O)[C@@H]1O)c1ccc(Cl)cc1. The quantitative estimate of drug-likeness (QED) is 0.636. The first-order valence-corrected chi connectivity index (χ1v) is 7.02. The Labute approximate surface area is 123 Å². The van der Waals surface area contributed by atoms with Crippen LogP contribution in [-0.4, -0.2) is 52.9 Å². The van der Waals surface area contributed by atoms with Crippen LogP contribution in [0.2, 0.25) is 5.02 Å². The fraction of sp³-hybridized carbons (Fsp3) is 0.571. The molecule has 1 aromatic rings. The summed E-state index contributed by atoms with van der Waals surface area (Å²) in [5.74, 6) is 0. The second-order valence-corrected chi connectivity index (χ2v) is 5.49. The zero-order chi connectivity index (χ0) is 14.7. The lowest BCUT2D eigenvalue weighted by Crippen LogP contribution is -2.38. The van der Waals surface area contributed by atoms with E-state index in [0.717, 1.165) is 5.56 Å². The minimum Gasteiger partial charge on any atom is -0.394 e. The lowest BCUT2D eigenvalue weighted by atomic mass is 10.1. The molecule has 1 aliphatic heterocycles. The first-order valence-electron chi connectivity index (χ1n) is 6.64. The molecule has 0 unspecified atom stereocenters. The largest absolute Gasteiger partial charge is 0.394 e. The molecule has 0 amide bonds. The molecule has 1 fully saturated rings. The molecular weight excluding hydrogens is 282 g/mol. The zero-order valence-corrected chi connectivity index (χ0v) is 12.0. The number of aliphatic hydroxyl groups is 3. The standard InChI is InChI=1S/C14H20ClNO4/c1-8(9-2-4-10(15)5-3-9)16-6-11-13(18)14(19)12(7-17)20-11/h2-5,8,11-14,16-19H,6-7H2,1H3/t8-,11-,12-,13-,14-/m1/s1. The Morgan fingerprint density at radius 2 is 1.80 bits per heavy atom. The van der Waals surface area contributed by atoms with Crippen molar-refractivity contribution in [3.05, 3.63) is 34.9 Å². The molecule has 20 heavy (non-hydrogen) atoms. The molecule has 0 aliphatic carbocycles. The van der Waals surface area contributed by atoms with E-state index in [-0.39, 0.29) is 12.6 Å². The highest BCUT2D eigenvalue weighted by molar-refractivity contribution is 6.30. The van der Waals surface area contributed by atoms with Crippen molar-refractivity contribution in [3.63, 3.8) is 0 Å². The molecule has 0 bridgehead atoms. The van der Waals surface area contributed by atoms with Crippen molar-refractivity contribution in [2.75, 3.05) is 13.2 Å². The van der Waals surface area contributed by atoms with E-state index in [1.54, 1.807) is 0 Å². The molecule has 0 spiro atoms. The molecule has 6 heteroatoms. The summed E-state index contributed by atoms with van der Waals surface area (Å²) < 4.78 is 5.41. The summed E-state index contributed by atoms with van der Waals surface area (Å²) in [4.78, 5) is 0. The maximum Gasteiger partial charge on any atom is 0.111 e. The number of halogens is 1. The first-order chi connectivity index (χ1) is 9.52. The second kappa shape index (κ2) is 6.85. The number of aliphatic hydroxyl groups excluding tert-OH is 3.